The van der Waals surface area contributed by atoms with Crippen molar-refractivity contribution in [1.82, 2.24) is 0 Å². The summed E-state index contributed by atoms with van der Waals surface area (Å²) in [5.41, 5.74) is 1.17. The molecule has 0 aliphatic heterocycles. The Hall–Kier alpha value is -1.22. The van der Waals surface area contributed by atoms with Crippen LogP contribution in [-0.2, 0) is 4.74 Å². The fourth-order valence-corrected chi connectivity index (χ4v) is 3.09. The molecule has 1 saturated carbocycles. The van der Waals surface area contributed by atoms with E-state index in [1.165, 1.54) is 44.2 Å². The summed E-state index contributed by atoms with van der Waals surface area (Å²) in [7, 11) is 1.69. The molecule has 0 amide bonds. The van der Waals surface area contributed by atoms with Crippen LogP contribution in [0.15, 0.2) is 24.3 Å². The molecule has 1 N–H and O–H groups in total. The fraction of sp³-hybridized carbons (Fsp3) is 0.667. The number of nitrogens with one attached hydrogen (secondary N) is 1. The van der Waals surface area contributed by atoms with Crippen molar-refractivity contribution in [1.29, 1.82) is 0 Å². The lowest BCUT2D eigenvalue weighted by atomic mass is 9.98. The van der Waals surface area contributed by atoms with Crippen molar-refractivity contribution in [3.05, 3.63) is 24.3 Å². The van der Waals surface area contributed by atoms with E-state index in [9.17, 15) is 0 Å². The zero-order valence-corrected chi connectivity index (χ0v) is 13.4. The van der Waals surface area contributed by atoms with E-state index in [4.69, 9.17) is 9.47 Å². The Balaban J connectivity index is 1.85. The van der Waals surface area contributed by atoms with Gasteiger partial charge >= 0.3 is 0 Å². The highest BCUT2D eigenvalue weighted by Crippen LogP contribution is 2.28. The number of rotatable bonds is 7. The number of anilines is 1. The predicted octanol–water partition coefficient (Wildman–Crippen LogP) is 4.48. The topological polar surface area (TPSA) is 30.5 Å². The van der Waals surface area contributed by atoms with Gasteiger partial charge < -0.3 is 14.8 Å². The molecular formula is C18H29NO2. The lowest BCUT2D eigenvalue weighted by Gasteiger charge is -2.18. The van der Waals surface area contributed by atoms with Crippen molar-refractivity contribution in [3.8, 4) is 5.75 Å². The van der Waals surface area contributed by atoms with Crippen molar-refractivity contribution >= 4 is 5.69 Å². The van der Waals surface area contributed by atoms with Crippen LogP contribution in [0.4, 0.5) is 5.69 Å². The van der Waals surface area contributed by atoms with Crippen LogP contribution in [0.2, 0.25) is 0 Å². The number of benzene rings is 1. The van der Waals surface area contributed by atoms with Gasteiger partial charge in [0.1, 0.15) is 12.4 Å². The molecule has 118 valence electrons. The summed E-state index contributed by atoms with van der Waals surface area (Å²) < 4.78 is 10.7. The summed E-state index contributed by atoms with van der Waals surface area (Å²) in [6.45, 7) is 3.54. The highest BCUT2D eigenvalue weighted by atomic mass is 16.5. The van der Waals surface area contributed by atoms with E-state index >= 15 is 0 Å². The number of methoxy groups -OCH3 is 1. The smallest absolute Gasteiger partial charge is 0.121 e. The molecule has 0 heterocycles. The van der Waals surface area contributed by atoms with Crippen LogP contribution in [0.25, 0.3) is 0 Å². The van der Waals surface area contributed by atoms with Gasteiger partial charge in [0.05, 0.1) is 6.61 Å². The maximum Gasteiger partial charge on any atom is 0.121 e. The summed E-state index contributed by atoms with van der Waals surface area (Å²) in [6.07, 6.45) is 8.00. The zero-order chi connectivity index (χ0) is 14.9. The maximum absolute atomic E-state index is 5.67. The molecule has 3 nitrogen and oxygen atoms in total. The molecule has 1 aromatic rings. The molecule has 1 aliphatic rings. The summed E-state index contributed by atoms with van der Waals surface area (Å²) in [4.78, 5) is 0. The first kappa shape index (κ1) is 16.2. The van der Waals surface area contributed by atoms with Gasteiger partial charge in [-0.25, -0.2) is 0 Å². The Morgan fingerprint density at radius 3 is 2.86 bits per heavy atom. The van der Waals surface area contributed by atoms with Crippen molar-refractivity contribution in [3.63, 3.8) is 0 Å². The molecule has 0 saturated heterocycles. The minimum atomic E-state index is 0.599. The summed E-state index contributed by atoms with van der Waals surface area (Å²) in [5, 5.41) is 3.69. The third kappa shape index (κ3) is 5.58. The van der Waals surface area contributed by atoms with Gasteiger partial charge in [-0.3, -0.25) is 0 Å². The normalized spacial score (nSPS) is 22.6. The Labute approximate surface area is 129 Å². The van der Waals surface area contributed by atoms with Crippen LogP contribution < -0.4 is 10.1 Å². The summed E-state index contributed by atoms with van der Waals surface area (Å²) in [5.74, 6) is 1.85. The molecule has 0 spiro atoms. The third-order valence-corrected chi connectivity index (χ3v) is 4.43. The molecule has 2 atom stereocenters. The van der Waals surface area contributed by atoms with Crippen LogP contribution in [-0.4, -0.2) is 26.4 Å². The van der Waals surface area contributed by atoms with Crippen LogP contribution in [0, 0.1) is 5.92 Å². The molecule has 3 heteroatoms. The first-order valence-corrected chi connectivity index (χ1v) is 8.30. The van der Waals surface area contributed by atoms with Gasteiger partial charge in [0, 0.05) is 24.9 Å². The van der Waals surface area contributed by atoms with Gasteiger partial charge in [-0.1, -0.05) is 32.3 Å². The van der Waals surface area contributed by atoms with Crippen LogP contribution >= 0.6 is 0 Å². The van der Waals surface area contributed by atoms with Crippen LogP contribution in [0.5, 0.6) is 5.75 Å². The Morgan fingerprint density at radius 2 is 2.05 bits per heavy atom. The molecule has 1 aliphatic carbocycles. The molecule has 0 bridgehead atoms. The second-order valence-corrected chi connectivity index (χ2v) is 5.99. The first-order chi connectivity index (χ1) is 10.3. The monoisotopic (exact) mass is 291 g/mol. The highest BCUT2D eigenvalue weighted by molar-refractivity contribution is 5.48. The Morgan fingerprint density at radius 1 is 1.14 bits per heavy atom. The Bertz CT molecular complexity index is 408. The van der Waals surface area contributed by atoms with Crippen molar-refractivity contribution in [2.75, 3.05) is 25.6 Å². The number of hydrogen-bond acceptors (Lipinski definition) is 3. The largest absolute Gasteiger partial charge is 0.491 e. The molecule has 2 rings (SSSR count). The second-order valence-electron chi connectivity index (χ2n) is 5.99. The van der Waals surface area contributed by atoms with Crippen molar-refractivity contribution < 1.29 is 9.47 Å². The SMILES string of the molecule is CCC1CCCC(Nc2cccc(OCCOC)c2)CC1. The first-order valence-electron chi connectivity index (χ1n) is 8.30. The van der Waals surface area contributed by atoms with Gasteiger partial charge in [-0.15, -0.1) is 0 Å². The molecule has 21 heavy (non-hydrogen) atoms. The van der Waals surface area contributed by atoms with E-state index in [0.29, 0.717) is 19.3 Å². The standard InChI is InChI=1S/C18H29NO2/c1-3-15-6-4-7-16(11-10-15)19-17-8-5-9-18(14-17)21-13-12-20-2/h5,8-9,14-16,19H,3-4,6-7,10-13H2,1-2H3. The maximum atomic E-state index is 5.67. The number of hydrogen-bond donors (Lipinski definition) is 1. The van der Waals surface area contributed by atoms with E-state index in [1.54, 1.807) is 7.11 Å². The fourth-order valence-electron chi connectivity index (χ4n) is 3.09. The Kier molecular flexibility index (Phi) is 6.87. The minimum absolute atomic E-state index is 0.599. The van der Waals surface area contributed by atoms with Crippen molar-refractivity contribution in [2.24, 2.45) is 5.92 Å². The van der Waals surface area contributed by atoms with E-state index < -0.39 is 0 Å². The van der Waals surface area contributed by atoms with E-state index in [1.807, 2.05) is 6.07 Å². The number of ether oxygens (including phenoxy) is 2. The van der Waals surface area contributed by atoms with Gasteiger partial charge in [-0.05, 0) is 37.3 Å². The predicted molar refractivity (Wildman–Crippen MR) is 88.1 cm³/mol. The minimum Gasteiger partial charge on any atom is -0.491 e. The van der Waals surface area contributed by atoms with E-state index in [2.05, 4.69) is 30.4 Å². The van der Waals surface area contributed by atoms with E-state index in [0.717, 1.165) is 11.7 Å². The summed E-state index contributed by atoms with van der Waals surface area (Å²) >= 11 is 0. The molecular weight excluding hydrogens is 262 g/mol. The van der Waals surface area contributed by atoms with Crippen LogP contribution in [0.1, 0.15) is 45.4 Å². The molecule has 1 fully saturated rings. The van der Waals surface area contributed by atoms with E-state index in [-0.39, 0.29) is 0 Å². The van der Waals surface area contributed by atoms with Crippen LogP contribution in [0.3, 0.4) is 0 Å². The molecule has 0 radical (unpaired) electrons. The van der Waals surface area contributed by atoms with Gasteiger partial charge in [-0.2, -0.15) is 0 Å². The van der Waals surface area contributed by atoms with Gasteiger partial charge in [0.15, 0.2) is 0 Å². The lowest BCUT2D eigenvalue weighted by molar-refractivity contribution is 0.146. The average molecular weight is 291 g/mol. The van der Waals surface area contributed by atoms with Gasteiger partial charge in [0.25, 0.3) is 0 Å². The molecule has 2 unspecified atom stereocenters. The summed E-state index contributed by atoms with van der Waals surface area (Å²) in [6, 6.07) is 8.89. The van der Waals surface area contributed by atoms with Gasteiger partial charge in [0.2, 0.25) is 0 Å². The van der Waals surface area contributed by atoms with Crippen molar-refractivity contribution in [2.45, 2.75) is 51.5 Å². The molecule has 0 aromatic heterocycles. The third-order valence-electron chi connectivity index (χ3n) is 4.43. The quantitative estimate of drug-likeness (QED) is 0.593. The lowest BCUT2D eigenvalue weighted by Crippen LogP contribution is -2.18. The second kappa shape index (κ2) is 8.93. The molecule has 1 aromatic carbocycles. The average Bonchev–Trinajstić information content (AvgIpc) is 2.73. The highest BCUT2D eigenvalue weighted by Gasteiger charge is 2.17. The zero-order valence-electron chi connectivity index (χ0n) is 13.4.